The van der Waals surface area contributed by atoms with Gasteiger partial charge in [0.2, 0.25) is 0 Å². The lowest BCUT2D eigenvalue weighted by molar-refractivity contribution is -0.0351. The number of hydrogen-bond donors (Lipinski definition) is 0. The fourth-order valence-electron chi connectivity index (χ4n) is 1.92. The van der Waals surface area contributed by atoms with Gasteiger partial charge in [-0.05, 0) is 11.8 Å². The van der Waals surface area contributed by atoms with Crippen molar-refractivity contribution in [2.75, 3.05) is 20.8 Å². The summed E-state index contributed by atoms with van der Waals surface area (Å²) in [5.74, 6) is 1.70. The molecule has 0 aromatic heterocycles. The standard InChI is InChI=1S/C12H26O2/c1-7-10(4)12(14-6)11(8-13-5)9(2)3/h9-12H,7-8H2,1-6H3. The summed E-state index contributed by atoms with van der Waals surface area (Å²) in [4.78, 5) is 0. The molecule has 0 heterocycles. The highest BCUT2D eigenvalue weighted by molar-refractivity contribution is 4.77. The Labute approximate surface area is 89.0 Å². The Morgan fingerprint density at radius 2 is 1.64 bits per heavy atom. The van der Waals surface area contributed by atoms with Crippen molar-refractivity contribution in [3.8, 4) is 0 Å². The van der Waals surface area contributed by atoms with E-state index in [1.54, 1.807) is 7.11 Å². The van der Waals surface area contributed by atoms with Crippen molar-refractivity contribution in [2.24, 2.45) is 17.8 Å². The van der Waals surface area contributed by atoms with Gasteiger partial charge in [0, 0.05) is 20.1 Å². The molecular weight excluding hydrogens is 176 g/mol. The summed E-state index contributed by atoms with van der Waals surface area (Å²) < 4.78 is 10.9. The Hall–Kier alpha value is -0.0800. The summed E-state index contributed by atoms with van der Waals surface area (Å²) in [5.41, 5.74) is 0. The average molecular weight is 202 g/mol. The Bertz CT molecular complexity index is 134. The molecule has 2 heteroatoms. The maximum atomic E-state index is 5.60. The minimum atomic E-state index is 0.319. The van der Waals surface area contributed by atoms with Gasteiger partial charge in [0.15, 0.2) is 0 Å². The first-order chi connectivity index (χ1) is 6.58. The van der Waals surface area contributed by atoms with Crippen LogP contribution in [0, 0.1) is 17.8 Å². The lowest BCUT2D eigenvalue weighted by Gasteiger charge is -2.32. The summed E-state index contributed by atoms with van der Waals surface area (Å²) in [7, 11) is 3.57. The van der Waals surface area contributed by atoms with Crippen molar-refractivity contribution >= 4 is 0 Å². The minimum absolute atomic E-state index is 0.319. The molecule has 3 atom stereocenters. The van der Waals surface area contributed by atoms with Crippen LogP contribution in [-0.4, -0.2) is 26.9 Å². The minimum Gasteiger partial charge on any atom is -0.384 e. The third-order valence-corrected chi connectivity index (χ3v) is 3.11. The Morgan fingerprint density at radius 3 is 1.93 bits per heavy atom. The van der Waals surface area contributed by atoms with Crippen LogP contribution in [0.3, 0.4) is 0 Å². The fourth-order valence-corrected chi connectivity index (χ4v) is 1.92. The number of ether oxygens (including phenoxy) is 2. The summed E-state index contributed by atoms with van der Waals surface area (Å²) in [6, 6.07) is 0. The van der Waals surface area contributed by atoms with E-state index in [1.807, 2.05) is 7.11 Å². The van der Waals surface area contributed by atoms with E-state index in [4.69, 9.17) is 9.47 Å². The van der Waals surface area contributed by atoms with E-state index >= 15 is 0 Å². The predicted octanol–water partition coefficient (Wildman–Crippen LogP) is 2.97. The Kier molecular flexibility index (Phi) is 7.20. The average Bonchev–Trinajstić information content (AvgIpc) is 2.16. The van der Waals surface area contributed by atoms with E-state index < -0.39 is 0 Å². The van der Waals surface area contributed by atoms with Crippen molar-refractivity contribution in [2.45, 2.75) is 40.2 Å². The predicted molar refractivity (Wildman–Crippen MR) is 60.5 cm³/mol. The topological polar surface area (TPSA) is 18.5 Å². The molecule has 2 nitrogen and oxygen atoms in total. The molecule has 0 rings (SSSR count). The van der Waals surface area contributed by atoms with Gasteiger partial charge in [-0.15, -0.1) is 0 Å². The lowest BCUT2D eigenvalue weighted by Crippen LogP contribution is -2.35. The Morgan fingerprint density at radius 1 is 1.07 bits per heavy atom. The summed E-state index contributed by atoms with van der Waals surface area (Å²) >= 11 is 0. The zero-order chi connectivity index (χ0) is 11.1. The van der Waals surface area contributed by atoms with Crippen LogP contribution in [0.25, 0.3) is 0 Å². The number of hydrogen-bond acceptors (Lipinski definition) is 2. The third kappa shape index (κ3) is 3.97. The molecule has 86 valence electrons. The summed E-state index contributed by atoms with van der Waals surface area (Å²) in [6.07, 6.45) is 1.48. The lowest BCUT2D eigenvalue weighted by atomic mass is 9.83. The second-order valence-electron chi connectivity index (χ2n) is 4.45. The largest absolute Gasteiger partial charge is 0.384 e. The highest BCUT2D eigenvalue weighted by atomic mass is 16.5. The molecule has 0 amide bonds. The van der Waals surface area contributed by atoms with Gasteiger partial charge >= 0.3 is 0 Å². The molecule has 0 aliphatic rings. The van der Waals surface area contributed by atoms with Gasteiger partial charge in [0.25, 0.3) is 0 Å². The number of rotatable bonds is 7. The van der Waals surface area contributed by atoms with Crippen molar-refractivity contribution in [3.63, 3.8) is 0 Å². The summed E-state index contributed by atoms with van der Waals surface area (Å²) in [6.45, 7) is 9.72. The highest BCUT2D eigenvalue weighted by Crippen LogP contribution is 2.25. The monoisotopic (exact) mass is 202 g/mol. The van der Waals surface area contributed by atoms with Crippen LogP contribution < -0.4 is 0 Å². The van der Waals surface area contributed by atoms with E-state index in [-0.39, 0.29) is 0 Å². The van der Waals surface area contributed by atoms with Gasteiger partial charge in [-0.25, -0.2) is 0 Å². The normalized spacial score (nSPS) is 18.2. The first kappa shape index (κ1) is 13.9. The van der Waals surface area contributed by atoms with Gasteiger partial charge in [0.1, 0.15) is 0 Å². The highest BCUT2D eigenvalue weighted by Gasteiger charge is 2.28. The van der Waals surface area contributed by atoms with Crippen molar-refractivity contribution in [3.05, 3.63) is 0 Å². The van der Waals surface area contributed by atoms with Crippen LogP contribution in [0.5, 0.6) is 0 Å². The van der Waals surface area contributed by atoms with Gasteiger partial charge in [0.05, 0.1) is 12.7 Å². The van der Waals surface area contributed by atoms with Crippen LogP contribution in [-0.2, 0) is 9.47 Å². The van der Waals surface area contributed by atoms with Crippen LogP contribution in [0.1, 0.15) is 34.1 Å². The third-order valence-electron chi connectivity index (χ3n) is 3.11. The van der Waals surface area contributed by atoms with Crippen LogP contribution in [0.4, 0.5) is 0 Å². The quantitative estimate of drug-likeness (QED) is 0.632. The maximum Gasteiger partial charge on any atom is 0.0649 e. The summed E-state index contributed by atoms with van der Waals surface area (Å²) in [5, 5.41) is 0. The van der Waals surface area contributed by atoms with Crippen LogP contribution in [0.2, 0.25) is 0 Å². The maximum absolute atomic E-state index is 5.60. The van der Waals surface area contributed by atoms with Gasteiger partial charge in [-0.1, -0.05) is 34.1 Å². The van der Waals surface area contributed by atoms with Crippen molar-refractivity contribution in [1.82, 2.24) is 0 Å². The van der Waals surface area contributed by atoms with Crippen LogP contribution >= 0.6 is 0 Å². The fraction of sp³-hybridized carbons (Fsp3) is 1.00. The molecule has 0 aromatic rings. The SMILES string of the molecule is CCC(C)C(OC)C(COC)C(C)C. The van der Waals surface area contributed by atoms with E-state index in [1.165, 1.54) is 0 Å². The van der Waals surface area contributed by atoms with Crippen molar-refractivity contribution in [1.29, 1.82) is 0 Å². The molecule has 0 saturated carbocycles. The van der Waals surface area contributed by atoms with Gasteiger partial charge in [-0.2, -0.15) is 0 Å². The second kappa shape index (κ2) is 7.24. The molecule has 0 N–H and O–H groups in total. The molecular formula is C12H26O2. The van der Waals surface area contributed by atoms with Crippen molar-refractivity contribution < 1.29 is 9.47 Å². The zero-order valence-electron chi connectivity index (χ0n) is 10.5. The second-order valence-corrected chi connectivity index (χ2v) is 4.45. The Balaban J connectivity index is 4.40. The first-order valence-corrected chi connectivity index (χ1v) is 5.60. The van der Waals surface area contributed by atoms with Gasteiger partial charge in [-0.3, -0.25) is 0 Å². The molecule has 0 aliphatic carbocycles. The molecule has 0 aromatic carbocycles. The number of methoxy groups -OCH3 is 2. The smallest absolute Gasteiger partial charge is 0.0649 e. The molecule has 0 aliphatic heterocycles. The molecule has 3 unspecified atom stereocenters. The molecule has 0 spiro atoms. The molecule has 0 fully saturated rings. The molecule has 14 heavy (non-hydrogen) atoms. The van der Waals surface area contributed by atoms with Gasteiger partial charge < -0.3 is 9.47 Å². The molecule has 0 radical (unpaired) electrons. The first-order valence-electron chi connectivity index (χ1n) is 5.60. The molecule has 0 saturated heterocycles. The van der Waals surface area contributed by atoms with E-state index in [9.17, 15) is 0 Å². The van der Waals surface area contributed by atoms with Crippen LogP contribution in [0.15, 0.2) is 0 Å². The van der Waals surface area contributed by atoms with E-state index in [2.05, 4.69) is 27.7 Å². The molecule has 0 bridgehead atoms. The zero-order valence-corrected chi connectivity index (χ0v) is 10.5. The van der Waals surface area contributed by atoms with E-state index in [0.29, 0.717) is 23.9 Å². The van der Waals surface area contributed by atoms with E-state index in [0.717, 1.165) is 13.0 Å².